The molecule has 0 unspecified atom stereocenters. The predicted octanol–water partition coefficient (Wildman–Crippen LogP) is 2.75. The van der Waals surface area contributed by atoms with Crippen LogP contribution < -0.4 is 0 Å². The first kappa shape index (κ1) is 20.1. The Bertz CT molecular complexity index is 742. The van der Waals surface area contributed by atoms with E-state index in [1.54, 1.807) is 24.3 Å². The molecule has 0 bridgehead atoms. The quantitative estimate of drug-likeness (QED) is 0.667. The Morgan fingerprint density at radius 2 is 1.04 bits per heavy atom. The van der Waals surface area contributed by atoms with E-state index in [-0.39, 0.29) is 36.0 Å². The molecule has 0 fully saturated rings. The molecule has 0 aliphatic heterocycles. The van der Waals surface area contributed by atoms with Gasteiger partial charge in [-0.25, -0.2) is 4.21 Å². The molecule has 0 spiro atoms. The maximum atomic E-state index is 12.8. The first-order valence-corrected chi connectivity index (χ1v) is 9.46. The van der Waals surface area contributed by atoms with E-state index in [1.807, 2.05) is 0 Å². The minimum absolute atomic E-state index is 0.178. The standard InChI is InChI=1S/C20H22O5S/c1-13(21)19(14(2)22)9-5-17(6-10-19)26(25)18-7-11-20(12-8-18,15(3)23)16(4)24/h5-9,11H,10,12H2,1-4H3. The number of hydrogen-bond donors (Lipinski definition) is 0. The Morgan fingerprint density at radius 1 is 0.731 bits per heavy atom. The van der Waals surface area contributed by atoms with Gasteiger partial charge in [0.15, 0.2) is 0 Å². The second-order valence-corrected chi connectivity index (χ2v) is 8.20. The minimum Gasteiger partial charge on any atom is -0.299 e. The van der Waals surface area contributed by atoms with Crippen molar-refractivity contribution in [3.05, 3.63) is 46.3 Å². The zero-order valence-electron chi connectivity index (χ0n) is 15.3. The summed E-state index contributed by atoms with van der Waals surface area (Å²) in [6, 6.07) is 0. The minimum atomic E-state index is -1.51. The van der Waals surface area contributed by atoms with Gasteiger partial charge in [-0.3, -0.25) is 19.2 Å². The summed E-state index contributed by atoms with van der Waals surface area (Å²) in [4.78, 5) is 48.5. The Hall–Kier alpha value is -2.21. The Labute approximate surface area is 155 Å². The highest BCUT2D eigenvalue weighted by Crippen LogP contribution is 2.37. The lowest BCUT2D eigenvalue weighted by Gasteiger charge is -2.28. The molecule has 0 heterocycles. The average Bonchev–Trinajstić information content (AvgIpc) is 2.60. The Morgan fingerprint density at radius 3 is 1.23 bits per heavy atom. The molecular formula is C20H22O5S. The fourth-order valence-corrected chi connectivity index (χ4v) is 4.32. The van der Waals surface area contributed by atoms with Crippen molar-refractivity contribution in [1.29, 1.82) is 0 Å². The first-order chi connectivity index (χ1) is 12.1. The molecule has 0 saturated heterocycles. The molecule has 0 radical (unpaired) electrons. The van der Waals surface area contributed by atoms with Crippen LogP contribution in [0.15, 0.2) is 46.3 Å². The van der Waals surface area contributed by atoms with Crippen LogP contribution in [-0.4, -0.2) is 27.3 Å². The molecule has 0 aromatic rings. The van der Waals surface area contributed by atoms with Crippen molar-refractivity contribution < 1.29 is 23.4 Å². The topological polar surface area (TPSA) is 85.3 Å². The van der Waals surface area contributed by atoms with E-state index in [4.69, 9.17) is 0 Å². The number of carbonyl (C=O) groups is 4. The third-order valence-electron chi connectivity index (χ3n) is 5.26. The van der Waals surface area contributed by atoms with E-state index < -0.39 is 21.6 Å². The smallest absolute Gasteiger partial charge is 0.147 e. The molecule has 26 heavy (non-hydrogen) atoms. The summed E-state index contributed by atoms with van der Waals surface area (Å²) in [6.45, 7) is 5.49. The van der Waals surface area contributed by atoms with Crippen molar-refractivity contribution >= 4 is 33.9 Å². The molecule has 0 aromatic heterocycles. The summed E-state index contributed by atoms with van der Waals surface area (Å²) >= 11 is 0. The monoisotopic (exact) mass is 374 g/mol. The average molecular weight is 374 g/mol. The lowest BCUT2D eigenvalue weighted by molar-refractivity contribution is -0.136. The predicted molar refractivity (Wildman–Crippen MR) is 99.4 cm³/mol. The van der Waals surface area contributed by atoms with Gasteiger partial charge in [0.2, 0.25) is 0 Å². The molecule has 6 heteroatoms. The van der Waals surface area contributed by atoms with Crippen LogP contribution in [0.3, 0.4) is 0 Å². The normalized spacial score (nSPS) is 20.3. The fraction of sp³-hybridized carbons (Fsp3) is 0.400. The van der Waals surface area contributed by atoms with Crippen LogP contribution in [0.1, 0.15) is 40.5 Å². The summed E-state index contributed by atoms with van der Waals surface area (Å²) < 4.78 is 12.8. The van der Waals surface area contributed by atoms with Crippen LogP contribution in [0.4, 0.5) is 0 Å². The molecule has 5 nitrogen and oxygen atoms in total. The lowest BCUT2D eigenvalue weighted by Crippen LogP contribution is -2.36. The summed E-state index contributed by atoms with van der Waals surface area (Å²) in [6.07, 6.45) is 9.79. The number of carbonyl (C=O) groups excluding carboxylic acids is 4. The largest absolute Gasteiger partial charge is 0.299 e. The van der Waals surface area contributed by atoms with Gasteiger partial charge in [-0.2, -0.15) is 0 Å². The van der Waals surface area contributed by atoms with Crippen LogP contribution in [0, 0.1) is 10.8 Å². The highest BCUT2D eigenvalue weighted by molar-refractivity contribution is 7.93. The van der Waals surface area contributed by atoms with E-state index in [1.165, 1.54) is 39.8 Å². The van der Waals surface area contributed by atoms with Crippen LogP contribution in [0.25, 0.3) is 0 Å². The summed E-state index contributed by atoms with van der Waals surface area (Å²) in [5.41, 5.74) is -2.36. The number of Topliss-reactive ketones (excluding diaryl/α,β-unsaturated/α-hetero) is 4. The van der Waals surface area contributed by atoms with Gasteiger partial charge < -0.3 is 0 Å². The molecule has 138 valence electrons. The molecule has 2 aliphatic carbocycles. The van der Waals surface area contributed by atoms with Crippen LogP contribution >= 0.6 is 0 Å². The molecule has 2 rings (SSSR count). The highest BCUT2D eigenvalue weighted by atomic mass is 32.2. The molecule has 0 N–H and O–H groups in total. The van der Waals surface area contributed by atoms with Crippen LogP contribution in [0.2, 0.25) is 0 Å². The maximum Gasteiger partial charge on any atom is 0.147 e. The summed E-state index contributed by atoms with van der Waals surface area (Å²) in [5, 5.41) is 0. The zero-order valence-corrected chi connectivity index (χ0v) is 16.1. The first-order valence-electron chi connectivity index (χ1n) is 8.31. The highest BCUT2D eigenvalue weighted by Gasteiger charge is 2.40. The molecule has 0 amide bonds. The van der Waals surface area contributed by atoms with Crippen LogP contribution in [-0.2, 0) is 30.0 Å². The van der Waals surface area contributed by atoms with Crippen LogP contribution in [0.5, 0.6) is 0 Å². The number of hydrogen-bond acceptors (Lipinski definition) is 5. The van der Waals surface area contributed by atoms with Gasteiger partial charge in [-0.05, 0) is 52.7 Å². The van der Waals surface area contributed by atoms with E-state index in [0.717, 1.165) is 0 Å². The maximum absolute atomic E-state index is 12.8. The Kier molecular flexibility index (Phi) is 5.56. The Balaban J connectivity index is 2.23. The van der Waals surface area contributed by atoms with E-state index in [2.05, 4.69) is 0 Å². The second-order valence-electron chi connectivity index (χ2n) is 6.72. The molecule has 0 aromatic carbocycles. The second kappa shape index (κ2) is 7.19. The van der Waals surface area contributed by atoms with Gasteiger partial charge in [-0.1, -0.05) is 24.3 Å². The third-order valence-corrected chi connectivity index (χ3v) is 6.72. The van der Waals surface area contributed by atoms with Gasteiger partial charge in [0, 0.05) is 9.81 Å². The van der Waals surface area contributed by atoms with Crippen molar-refractivity contribution in [2.24, 2.45) is 10.8 Å². The molecular weight excluding hydrogens is 352 g/mol. The van der Waals surface area contributed by atoms with Crippen molar-refractivity contribution in [2.45, 2.75) is 40.5 Å². The molecule has 2 aliphatic rings. The van der Waals surface area contributed by atoms with Gasteiger partial charge in [0.25, 0.3) is 0 Å². The summed E-state index contributed by atoms with van der Waals surface area (Å²) in [5.74, 6) is -0.975. The third kappa shape index (κ3) is 3.26. The molecule has 0 atom stereocenters. The number of ketones is 4. The molecule has 0 saturated carbocycles. The number of allylic oxidation sites excluding steroid dienone is 6. The van der Waals surface area contributed by atoms with E-state index in [0.29, 0.717) is 9.81 Å². The van der Waals surface area contributed by atoms with Crippen molar-refractivity contribution in [1.82, 2.24) is 0 Å². The van der Waals surface area contributed by atoms with E-state index in [9.17, 15) is 23.4 Å². The summed E-state index contributed by atoms with van der Waals surface area (Å²) in [7, 11) is -1.51. The lowest BCUT2D eigenvalue weighted by atomic mass is 9.75. The fourth-order valence-electron chi connectivity index (χ4n) is 3.20. The van der Waals surface area contributed by atoms with E-state index >= 15 is 0 Å². The number of rotatable bonds is 6. The van der Waals surface area contributed by atoms with Gasteiger partial charge >= 0.3 is 0 Å². The van der Waals surface area contributed by atoms with Gasteiger partial charge in [0.05, 0.1) is 10.8 Å². The van der Waals surface area contributed by atoms with Crippen molar-refractivity contribution in [2.75, 3.05) is 0 Å². The van der Waals surface area contributed by atoms with Crippen molar-refractivity contribution in [3.8, 4) is 0 Å². The zero-order chi connectivity index (χ0) is 19.7. The van der Waals surface area contributed by atoms with Gasteiger partial charge in [0.1, 0.15) is 34.0 Å². The van der Waals surface area contributed by atoms with Crippen molar-refractivity contribution in [3.63, 3.8) is 0 Å². The SMILES string of the molecule is CC(=O)C1(C(C)=O)C=CC(S(=O)C2=CCC(C(C)=O)(C(C)=O)C=C2)=CC1. The van der Waals surface area contributed by atoms with Gasteiger partial charge in [-0.15, -0.1) is 0 Å².